The third-order valence-corrected chi connectivity index (χ3v) is 4.30. The second-order valence-corrected chi connectivity index (χ2v) is 6.85. The molecule has 0 radical (unpaired) electrons. The largest absolute Gasteiger partial charge is 0.369 e. The van der Waals surface area contributed by atoms with Crippen LogP contribution in [0.15, 0.2) is 23.2 Å². The molecule has 7 heteroatoms. The Bertz CT molecular complexity index is 483. The van der Waals surface area contributed by atoms with Crippen molar-refractivity contribution in [3.05, 3.63) is 18.3 Å². The molecule has 1 aromatic heterocycles. The van der Waals surface area contributed by atoms with Crippen LogP contribution in [0.3, 0.4) is 0 Å². The Morgan fingerprint density at radius 3 is 2.42 bits per heavy atom. The van der Waals surface area contributed by atoms with Crippen LogP contribution in [0.25, 0.3) is 0 Å². The maximum absolute atomic E-state index is 11.8. The van der Waals surface area contributed by atoms with Crippen LogP contribution in [-0.4, -0.2) is 50.9 Å². The first kappa shape index (κ1) is 15.9. The van der Waals surface area contributed by atoms with Crippen molar-refractivity contribution < 1.29 is 8.42 Å². The lowest BCUT2D eigenvalue weighted by atomic mass is 10.4. The molecule has 0 saturated carbocycles. The van der Waals surface area contributed by atoms with E-state index in [2.05, 4.69) is 29.5 Å². The monoisotopic (exact) mass is 286 g/mol. The van der Waals surface area contributed by atoms with Gasteiger partial charge in [0, 0.05) is 39.4 Å². The normalized spacial score (nSPS) is 12.1. The highest BCUT2D eigenvalue weighted by Crippen LogP contribution is 2.13. The van der Waals surface area contributed by atoms with E-state index in [0.29, 0.717) is 11.9 Å². The fraction of sp³-hybridized carbons (Fsp3) is 0.583. The Morgan fingerprint density at radius 1 is 1.26 bits per heavy atom. The van der Waals surface area contributed by atoms with Gasteiger partial charge in [-0.05, 0) is 12.1 Å². The van der Waals surface area contributed by atoms with E-state index >= 15 is 0 Å². The van der Waals surface area contributed by atoms with E-state index in [1.54, 1.807) is 12.1 Å². The molecule has 0 aliphatic heterocycles. The minimum atomic E-state index is -3.40. The summed E-state index contributed by atoms with van der Waals surface area (Å²) in [5, 5.41) is 6.40. The number of rotatable bonds is 7. The van der Waals surface area contributed by atoms with E-state index in [1.807, 2.05) is 0 Å². The molecule has 0 atom stereocenters. The molecular weight excluding hydrogens is 264 g/mol. The molecule has 0 aliphatic carbocycles. The number of aromatic nitrogens is 1. The van der Waals surface area contributed by atoms with Gasteiger partial charge >= 0.3 is 0 Å². The van der Waals surface area contributed by atoms with Crippen LogP contribution in [0.5, 0.6) is 0 Å². The number of anilines is 1. The lowest BCUT2D eigenvalue weighted by Crippen LogP contribution is -2.28. The zero-order valence-corrected chi connectivity index (χ0v) is 12.7. The predicted octanol–water partition coefficient (Wildman–Crippen LogP) is 0.742. The summed E-state index contributed by atoms with van der Waals surface area (Å²) >= 11 is 0. The molecule has 2 N–H and O–H groups in total. The van der Waals surface area contributed by atoms with Crippen molar-refractivity contribution in [3.8, 4) is 0 Å². The number of nitrogens with one attached hydrogen (secondary N) is 2. The molecular formula is C12H22N4O2S. The van der Waals surface area contributed by atoms with Gasteiger partial charge in [0.05, 0.1) is 0 Å². The van der Waals surface area contributed by atoms with Gasteiger partial charge in [0.2, 0.25) is 10.0 Å². The van der Waals surface area contributed by atoms with Gasteiger partial charge in [0.25, 0.3) is 0 Å². The third kappa shape index (κ3) is 4.77. The average Bonchev–Trinajstić information content (AvgIpc) is 2.35. The van der Waals surface area contributed by atoms with Crippen LogP contribution >= 0.6 is 0 Å². The van der Waals surface area contributed by atoms with Crippen molar-refractivity contribution >= 4 is 15.8 Å². The summed E-state index contributed by atoms with van der Waals surface area (Å²) in [6, 6.07) is 3.68. The van der Waals surface area contributed by atoms with Crippen molar-refractivity contribution in [3.63, 3.8) is 0 Å². The van der Waals surface area contributed by atoms with E-state index in [1.165, 1.54) is 24.6 Å². The fourth-order valence-electron chi connectivity index (χ4n) is 1.40. The zero-order valence-electron chi connectivity index (χ0n) is 11.8. The number of nitrogens with zero attached hydrogens (tertiary/aromatic N) is 2. The van der Waals surface area contributed by atoms with Gasteiger partial charge in [-0.2, -0.15) is 0 Å². The summed E-state index contributed by atoms with van der Waals surface area (Å²) in [6.45, 7) is 5.74. The summed E-state index contributed by atoms with van der Waals surface area (Å²) < 4.78 is 24.8. The SMILES string of the molecule is CC(C)NCCNc1ccc(S(=O)(=O)N(C)C)cn1. The van der Waals surface area contributed by atoms with Gasteiger partial charge in [0.1, 0.15) is 10.7 Å². The molecule has 19 heavy (non-hydrogen) atoms. The van der Waals surface area contributed by atoms with Crippen molar-refractivity contribution in [2.75, 3.05) is 32.5 Å². The van der Waals surface area contributed by atoms with Gasteiger partial charge in [-0.15, -0.1) is 0 Å². The maximum Gasteiger partial charge on any atom is 0.244 e. The summed E-state index contributed by atoms with van der Waals surface area (Å²) in [6.07, 6.45) is 1.37. The van der Waals surface area contributed by atoms with Crippen molar-refractivity contribution in [2.45, 2.75) is 24.8 Å². The summed E-state index contributed by atoms with van der Waals surface area (Å²) in [7, 11) is -0.401. The van der Waals surface area contributed by atoms with Crippen LogP contribution < -0.4 is 10.6 Å². The van der Waals surface area contributed by atoms with Gasteiger partial charge < -0.3 is 10.6 Å². The van der Waals surface area contributed by atoms with Crippen LogP contribution in [-0.2, 0) is 10.0 Å². The zero-order chi connectivity index (χ0) is 14.5. The molecule has 0 bridgehead atoms. The van der Waals surface area contributed by atoms with Gasteiger partial charge in [-0.3, -0.25) is 0 Å². The molecule has 0 saturated heterocycles. The Morgan fingerprint density at radius 2 is 1.95 bits per heavy atom. The molecule has 0 aromatic carbocycles. The standard InChI is InChI=1S/C12H22N4O2S/c1-10(2)13-7-8-14-12-6-5-11(9-15-12)19(17,18)16(3)4/h5-6,9-10,13H,7-8H2,1-4H3,(H,14,15). The highest BCUT2D eigenvalue weighted by molar-refractivity contribution is 7.89. The lowest BCUT2D eigenvalue weighted by molar-refractivity contribution is 0.520. The average molecular weight is 286 g/mol. The highest BCUT2D eigenvalue weighted by atomic mass is 32.2. The Kier molecular flexibility index (Phi) is 5.71. The molecule has 0 spiro atoms. The Hall–Kier alpha value is -1.18. The van der Waals surface area contributed by atoms with Crippen LogP contribution in [0, 0.1) is 0 Å². The maximum atomic E-state index is 11.8. The van der Waals surface area contributed by atoms with E-state index in [-0.39, 0.29) is 4.90 Å². The first-order valence-electron chi connectivity index (χ1n) is 6.20. The first-order chi connectivity index (χ1) is 8.84. The summed E-state index contributed by atoms with van der Waals surface area (Å²) in [4.78, 5) is 4.30. The van der Waals surface area contributed by atoms with Crippen LogP contribution in [0.4, 0.5) is 5.82 Å². The van der Waals surface area contributed by atoms with Crippen molar-refractivity contribution in [1.82, 2.24) is 14.6 Å². The molecule has 0 fully saturated rings. The highest BCUT2D eigenvalue weighted by Gasteiger charge is 2.17. The van der Waals surface area contributed by atoms with Crippen molar-refractivity contribution in [2.24, 2.45) is 0 Å². The second-order valence-electron chi connectivity index (χ2n) is 4.70. The van der Waals surface area contributed by atoms with E-state index in [0.717, 1.165) is 13.1 Å². The fourth-order valence-corrected chi connectivity index (χ4v) is 2.25. The van der Waals surface area contributed by atoms with E-state index < -0.39 is 10.0 Å². The minimum Gasteiger partial charge on any atom is -0.369 e. The minimum absolute atomic E-state index is 0.198. The van der Waals surface area contributed by atoms with Gasteiger partial charge in [-0.1, -0.05) is 13.8 Å². The molecule has 1 rings (SSSR count). The third-order valence-electron chi connectivity index (χ3n) is 2.50. The second kappa shape index (κ2) is 6.83. The summed E-state index contributed by atoms with van der Waals surface area (Å²) in [5.74, 6) is 0.670. The molecule has 108 valence electrons. The predicted molar refractivity (Wildman–Crippen MR) is 76.7 cm³/mol. The molecule has 0 amide bonds. The number of hydrogen-bond donors (Lipinski definition) is 2. The van der Waals surface area contributed by atoms with Crippen LogP contribution in [0.2, 0.25) is 0 Å². The van der Waals surface area contributed by atoms with Crippen molar-refractivity contribution in [1.29, 1.82) is 0 Å². The Balaban J connectivity index is 2.58. The van der Waals surface area contributed by atoms with Crippen LogP contribution in [0.1, 0.15) is 13.8 Å². The quantitative estimate of drug-likeness (QED) is 0.723. The van der Waals surface area contributed by atoms with Gasteiger partial charge in [0.15, 0.2) is 0 Å². The van der Waals surface area contributed by atoms with E-state index in [4.69, 9.17) is 0 Å². The number of pyridine rings is 1. The molecule has 6 nitrogen and oxygen atoms in total. The molecule has 0 aliphatic rings. The molecule has 0 unspecified atom stereocenters. The van der Waals surface area contributed by atoms with Gasteiger partial charge in [-0.25, -0.2) is 17.7 Å². The smallest absolute Gasteiger partial charge is 0.244 e. The number of hydrogen-bond acceptors (Lipinski definition) is 5. The number of sulfonamides is 1. The molecule has 1 heterocycles. The summed E-state index contributed by atoms with van der Waals surface area (Å²) in [5.41, 5.74) is 0. The lowest BCUT2D eigenvalue weighted by Gasteiger charge is -2.12. The molecule has 1 aromatic rings. The topological polar surface area (TPSA) is 74.3 Å². The first-order valence-corrected chi connectivity index (χ1v) is 7.64. The Labute approximate surface area is 115 Å². The van der Waals surface area contributed by atoms with E-state index in [9.17, 15) is 8.42 Å².